The lowest BCUT2D eigenvalue weighted by molar-refractivity contribution is -0.129. The predicted molar refractivity (Wildman–Crippen MR) is 98.2 cm³/mol. The van der Waals surface area contributed by atoms with Gasteiger partial charge in [-0.05, 0) is 19.1 Å². The first-order valence-electron chi connectivity index (χ1n) is 7.61. The molecule has 0 amide bonds. The summed E-state index contributed by atoms with van der Waals surface area (Å²) in [6, 6.07) is 6.09. The van der Waals surface area contributed by atoms with Crippen LogP contribution >= 0.6 is 0 Å². The van der Waals surface area contributed by atoms with E-state index >= 15 is 0 Å². The van der Waals surface area contributed by atoms with Gasteiger partial charge in [0.15, 0.2) is 0 Å². The van der Waals surface area contributed by atoms with E-state index in [1.165, 1.54) is 26.4 Å². The molecule has 0 aliphatic carbocycles. The Balaban J connectivity index is 2.82. The molecular weight excluding hydrogens is 336 g/mol. The minimum absolute atomic E-state index is 0.126. The zero-order valence-electron chi connectivity index (χ0n) is 14.8. The molecule has 0 saturated heterocycles. The second kappa shape index (κ2) is 7.60. The standard InChI is InChI=1S/C19H20N2O5/c1-5-16(23)26-14-7-6-12(19(20)21)17(10(14)2)18-13(22)8-11(24-3)9-15(18)25-4/h5-9,22H,1H2,2-4H3,(H3,20,21). The number of phenolic OH excluding ortho intramolecular Hbond substituents is 1. The number of phenols is 1. The number of nitrogens with two attached hydrogens (primary N) is 1. The lowest BCUT2D eigenvalue weighted by Gasteiger charge is -2.19. The van der Waals surface area contributed by atoms with Gasteiger partial charge in [-0.2, -0.15) is 0 Å². The fraction of sp³-hybridized carbons (Fsp3) is 0.158. The molecule has 2 aromatic rings. The second-order valence-corrected chi connectivity index (χ2v) is 5.37. The zero-order valence-corrected chi connectivity index (χ0v) is 14.8. The Bertz CT molecular complexity index is 890. The summed E-state index contributed by atoms with van der Waals surface area (Å²) in [6.45, 7) is 5.06. The number of nitrogen functional groups attached to an aromatic ring is 1. The molecule has 0 radical (unpaired) electrons. The van der Waals surface area contributed by atoms with Crippen LogP contribution in [0.2, 0.25) is 0 Å². The first-order chi connectivity index (χ1) is 12.3. The van der Waals surface area contributed by atoms with Crippen molar-refractivity contribution in [1.82, 2.24) is 0 Å². The molecule has 7 heteroatoms. The molecule has 136 valence electrons. The molecule has 0 aliphatic heterocycles. The number of methoxy groups -OCH3 is 2. The van der Waals surface area contributed by atoms with Gasteiger partial charge in [-0.3, -0.25) is 5.41 Å². The van der Waals surface area contributed by atoms with E-state index in [0.717, 1.165) is 6.08 Å². The molecule has 0 heterocycles. The van der Waals surface area contributed by atoms with Crippen LogP contribution in [0.4, 0.5) is 0 Å². The number of ether oxygens (including phenoxy) is 3. The number of rotatable bonds is 6. The third kappa shape index (κ3) is 3.46. The van der Waals surface area contributed by atoms with Gasteiger partial charge in [0, 0.05) is 34.9 Å². The Labute approximate surface area is 151 Å². The Morgan fingerprint density at radius 1 is 1.19 bits per heavy atom. The fourth-order valence-corrected chi connectivity index (χ4v) is 2.61. The predicted octanol–water partition coefficient (Wildman–Crippen LogP) is 2.76. The molecule has 2 aromatic carbocycles. The van der Waals surface area contributed by atoms with Crippen LogP contribution in [-0.4, -0.2) is 31.1 Å². The first-order valence-corrected chi connectivity index (χ1v) is 7.61. The van der Waals surface area contributed by atoms with E-state index in [4.69, 9.17) is 25.4 Å². The summed E-state index contributed by atoms with van der Waals surface area (Å²) < 4.78 is 15.8. The highest BCUT2D eigenvalue weighted by atomic mass is 16.5. The van der Waals surface area contributed by atoms with Crippen molar-refractivity contribution >= 4 is 11.8 Å². The van der Waals surface area contributed by atoms with E-state index in [2.05, 4.69) is 6.58 Å². The van der Waals surface area contributed by atoms with E-state index < -0.39 is 5.97 Å². The highest BCUT2D eigenvalue weighted by Gasteiger charge is 2.23. The summed E-state index contributed by atoms with van der Waals surface area (Å²) in [4.78, 5) is 11.6. The third-order valence-electron chi connectivity index (χ3n) is 3.84. The average molecular weight is 356 g/mol. The number of carbonyl (C=O) groups excluding carboxylic acids is 1. The Hall–Kier alpha value is -3.48. The largest absolute Gasteiger partial charge is 0.507 e. The molecule has 2 rings (SSSR count). The van der Waals surface area contributed by atoms with Gasteiger partial charge in [0.05, 0.1) is 19.8 Å². The van der Waals surface area contributed by atoms with Crippen LogP contribution in [0.5, 0.6) is 23.0 Å². The molecule has 0 atom stereocenters. The van der Waals surface area contributed by atoms with Gasteiger partial charge in [-0.15, -0.1) is 0 Å². The molecule has 26 heavy (non-hydrogen) atoms. The number of amidine groups is 1. The zero-order chi connectivity index (χ0) is 19.4. The first kappa shape index (κ1) is 18.9. The molecule has 4 N–H and O–H groups in total. The van der Waals surface area contributed by atoms with E-state index in [1.807, 2.05) is 0 Å². The van der Waals surface area contributed by atoms with Gasteiger partial charge in [0.1, 0.15) is 28.8 Å². The van der Waals surface area contributed by atoms with E-state index in [9.17, 15) is 9.90 Å². The summed E-state index contributed by atoms with van der Waals surface area (Å²) in [5.74, 6) is 0.0210. The van der Waals surface area contributed by atoms with Crippen molar-refractivity contribution in [2.24, 2.45) is 5.73 Å². The second-order valence-electron chi connectivity index (χ2n) is 5.37. The molecular formula is C19H20N2O5. The third-order valence-corrected chi connectivity index (χ3v) is 3.84. The molecule has 0 saturated carbocycles. The summed E-state index contributed by atoms with van der Waals surface area (Å²) >= 11 is 0. The quantitative estimate of drug-likeness (QED) is 0.241. The lowest BCUT2D eigenvalue weighted by Crippen LogP contribution is -2.14. The molecule has 0 aliphatic rings. The Morgan fingerprint density at radius 3 is 2.42 bits per heavy atom. The number of hydrogen-bond acceptors (Lipinski definition) is 6. The average Bonchev–Trinajstić information content (AvgIpc) is 2.62. The number of nitrogens with one attached hydrogen (secondary N) is 1. The maximum atomic E-state index is 11.6. The van der Waals surface area contributed by atoms with Gasteiger partial charge in [0.25, 0.3) is 0 Å². The number of aromatic hydroxyl groups is 1. The van der Waals surface area contributed by atoms with Crippen molar-refractivity contribution in [2.45, 2.75) is 6.92 Å². The van der Waals surface area contributed by atoms with Crippen LogP contribution in [0.25, 0.3) is 11.1 Å². The lowest BCUT2D eigenvalue weighted by atomic mass is 9.92. The van der Waals surface area contributed by atoms with Crippen molar-refractivity contribution in [2.75, 3.05) is 14.2 Å². The summed E-state index contributed by atoms with van der Waals surface area (Å²) in [5.41, 5.74) is 7.31. The number of esters is 1. The van der Waals surface area contributed by atoms with Gasteiger partial charge >= 0.3 is 5.97 Å². The Kier molecular flexibility index (Phi) is 5.51. The Morgan fingerprint density at radius 2 is 1.88 bits per heavy atom. The van der Waals surface area contributed by atoms with Crippen LogP contribution in [0, 0.1) is 12.3 Å². The highest BCUT2D eigenvalue weighted by Crippen LogP contribution is 2.45. The van der Waals surface area contributed by atoms with Gasteiger partial charge < -0.3 is 25.1 Å². The van der Waals surface area contributed by atoms with Crippen molar-refractivity contribution in [3.8, 4) is 34.1 Å². The molecule has 0 bridgehead atoms. The number of hydrogen-bond donors (Lipinski definition) is 3. The molecule has 7 nitrogen and oxygen atoms in total. The van der Waals surface area contributed by atoms with Crippen LogP contribution in [0.15, 0.2) is 36.9 Å². The summed E-state index contributed by atoms with van der Waals surface area (Å²) in [6.07, 6.45) is 1.05. The molecule has 0 spiro atoms. The van der Waals surface area contributed by atoms with Gasteiger partial charge in [-0.25, -0.2) is 4.79 Å². The van der Waals surface area contributed by atoms with Crippen molar-refractivity contribution < 1.29 is 24.1 Å². The summed E-state index contributed by atoms with van der Waals surface area (Å²) in [5, 5.41) is 18.4. The van der Waals surface area contributed by atoms with Gasteiger partial charge in [0.2, 0.25) is 0 Å². The van der Waals surface area contributed by atoms with Gasteiger partial charge in [-0.1, -0.05) is 6.58 Å². The molecule has 0 fully saturated rings. The minimum atomic E-state index is -0.624. The monoisotopic (exact) mass is 356 g/mol. The minimum Gasteiger partial charge on any atom is -0.507 e. The fourth-order valence-electron chi connectivity index (χ4n) is 2.61. The van der Waals surface area contributed by atoms with E-state index in [1.54, 1.807) is 19.1 Å². The van der Waals surface area contributed by atoms with Crippen molar-refractivity contribution in [3.63, 3.8) is 0 Å². The number of carbonyl (C=O) groups is 1. The normalized spacial score (nSPS) is 10.1. The smallest absolute Gasteiger partial charge is 0.335 e. The maximum absolute atomic E-state index is 11.6. The van der Waals surface area contributed by atoms with E-state index in [0.29, 0.717) is 33.8 Å². The van der Waals surface area contributed by atoms with Crippen LogP contribution in [0.3, 0.4) is 0 Å². The molecule has 0 unspecified atom stereocenters. The summed E-state index contributed by atoms with van der Waals surface area (Å²) in [7, 11) is 2.91. The number of benzene rings is 2. The SMILES string of the molecule is C=CC(=O)Oc1ccc(C(=N)N)c(-c2c(O)cc(OC)cc2OC)c1C. The van der Waals surface area contributed by atoms with Crippen molar-refractivity contribution in [1.29, 1.82) is 5.41 Å². The van der Waals surface area contributed by atoms with E-state index in [-0.39, 0.29) is 17.3 Å². The van der Waals surface area contributed by atoms with Crippen LogP contribution in [-0.2, 0) is 4.79 Å². The molecule has 0 aromatic heterocycles. The maximum Gasteiger partial charge on any atom is 0.335 e. The van der Waals surface area contributed by atoms with Crippen molar-refractivity contribution in [3.05, 3.63) is 48.0 Å². The highest BCUT2D eigenvalue weighted by molar-refractivity contribution is 6.04. The van der Waals surface area contributed by atoms with Crippen LogP contribution < -0.4 is 19.9 Å². The van der Waals surface area contributed by atoms with Crippen LogP contribution in [0.1, 0.15) is 11.1 Å². The topological polar surface area (TPSA) is 115 Å².